The largest absolute Gasteiger partial charge is 0.329 e. The molecule has 1 aliphatic heterocycles. The van der Waals surface area contributed by atoms with Gasteiger partial charge in [0.25, 0.3) is 0 Å². The van der Waals surface area contributed by atoms with Crippen LogP contribution < -0.4 is 11.1 Å². The predicted octanol–water partition coefficient (Wildman–Crippen LogP) is 0.570. The Morgan fingerprint density at radius 1 is 1.47 bits per heavy atom. The zero-order valence-electron chi connectivity index (χ0n) is 8.73. The smallest absolute Gasteiger partial charge is 0.246 e. The van der Waals surface area contributed by atoms with E-state index in [1.165, 1.54) is 0 Å². The highest BCUT2D eigenvalue weighted by Gasteiger charge is 2.32. The van der Waals surface area contributed by atoms with Gasteiger partial charge >= 0.3 is 0 Å². The molecule has 3 N–H and O–H groups in total. The summed E-state index contributed by atoms with van der Waals surface area (Å²) in [5.41, 5.74) is 7.44. The molecule has 0 saturated carbocycles. The summed E-state index contributed by atoms with van der Waals surface area (Å²) in [4.78, 5) is 13.7. The quantitative estimate of drug-likeness (QED) is 0.758. The molecule has 1 aliphatic rings. The minimum absolute atomic E-state index is 0.0344. The zero-order chi connectivity index (χ0) is 10.8. The molecule has 0 spiro atoms. The lowest BCUT2D eigenvalue weighted by molar-refractivity contribution is -0.120. The van der Waals surface area contributed by atoms with Crippen molar-refractivity contribution < 1.29 is 4.79 Å². The Bertz CT molecular complexity index is 378. The Balaban J connectivity index is 2.29. The minimum atomic E-state index is -0.190. The van der Waals surface area contributed by atoms with Crippen LogP contribution in [0, 0.1) is 0 Å². The van der Waals surface area contributed by atoms with Crippen molar-refractivity contribution in [2.45, 2.75) is 6.04 Å². The second-order valence-electron chi connectivity index (χ2n) is 3.75. The fourth-order valence-electron chi connectivity index (χ4n) is 1.96. The maximum Gasteiger partial charge on any atom is 0.246 e. The van der Waals surface area contributed by atoms with E-state index in [1.807, 2.05) is 36.2 Å². The maximum absolute atomic E-state index is 11.8. The molecule has 0 fully saturated rings. The summed E-state index contributed by atoms with van der Waals surface area (Å²) >= 11 is 0. The predicted molar refractivity (Wildman–Crippen MR) is 59.5 cm³/mol. The molecule has 1 unspecified atom stereocenters. The number of fused-ring (bicyclic) bond motifs is 1. The first kappa shape index (κ1) is 10.1. The topological polar surface area (TPSA) is 58.4 Å². The number of nitrogens with zero attached hydrogens (tertiary/aromatic N) is 1. The summed E-state index contributed by atoms with van der Waals surface area (Å²) in [7, 11) is 1.92. The fourth-order valence-corrected chi connectivity index (χ4v) is 1.96. The van der Waals surface area contributed by atoms with E-state index >= 15 is 0 Å². The summed E-state index contributed by atoms with van der Waals surface area (Å²) in [6, 6.07) is 7.58. The molecule has 0 aromatic heterocycles. The molecule has 15 heavy (non-hydrogen) atoms. The molecule has 4 nitrogen and oxygen atoms in total. The molecule has 1 heterocycles. The number of hydrogen-bond acceptors (Lipinski definition) is 3. The summed E-state index contributed by atoms with van der Waals surface area (Å²) < 4.78 is 0. The lowest BCUT2D eigenvalue weighted by Crippen LogP contribution is -2.33. The number of anilines is 1. The highest BCUT2D eigenvalue weighted by molar-refractivity contribution is 6.02. The van der Waals surface area contributed by atoms with Gasteiger partial charge < -0.3 is 11.1 Å². The number of nitrogens with two attached hydrogens (primary N) is 1. The van der Waals surface area contributed by atoms with Crippen LogP contribution in [0.3, 0.4) is 0 Å². The fraction of sp³-hybridized carbons (Fsp3) is 0.364. The van der Waals surface area contributed by atoms with Crippen LogP contribution in [-0.4, -0.2) is 30.9 Å². The van der Waals surface area contributed by atoms with E-state index in [0.29, 0.717) is 13.1 Å². The average Bonchev–Trinajstić information content (AvgIpc) is 2.54. The molecule has 2 rings (SSSR count). The Labute approximate surface area is 89.1 Å². The van der Waals surface area contributed by atoms with Crippen molar-refractivity contribution in [1.82, 2.24) is 4.90 Å². The number of hydrogen-bond donors (Lipinski definition) is 2. The van der Waals surface area contributed by atoms with Crippen LogP contribution in [-0.2, 0) is 4.79 Å². The highest BCUT2D eigenvalue weighted by atomic mass is 16.2. The number of benzene rings is 1. The van der Waals surface area contributed by atoms with Gasteiger partial charge in [-0.05, 0) is 13.1 Å². The first-order valence-corrected chi connectivity index (χ1v) is 5.04. The number of carbonyl (C=O) groups is 1. The van der Waals surface area contributed by atoms with Crippen molar-refractivity contribution in [1.29, 1.82) is 0 Å². The monoisotopic (exact) mass is 205 g/mol. The first-order valence-electron chi connectivity index (χ1n) is 5.04. The summed E-state index contributed by atoms with van der Waals surface area (Å²) in [6.45, 7) is 1.27. The average molecular weight is 205 g/mol. The van der Waals surface area contributed by atoms with E-state index < -0.39 is 0 Å². The van der Waals surface area contributed by atoms with Crippen molar-refractivity contribution in [2.75, 3.05) is 25.5 Å². The standard InChI is InChI=1S/C11H15N3O/c1-14(7-6-12)10-8-4-2-3-5-9(8)13-11(10)15/h2-5,10H,6-7,12H2,1H3,(H,13,15). The summed E-state index contributed by atoms with van der Waals surface area (Å²) in [6.07, 6.45) is 0. The van der Waals surface area contributed by atoms with Crippen molar-refractivity contribution in [3.05, 3.63) is 29.8 Å². The normalized spacial score (nSPS) is 19.1. The van der Waals surface area contributed by atoms with E-state index in [-0.39, 0.29) is 11.9 Å². The molecule has 0 aliphatic carbocycles. The molecular formula is C11H15N3O. The number of carbonyl (C=O) groups excluding carboxylic acids is 1. The second kappa shape index (κ2) is 4.00. The van der Waals surface area contributed by atoms with Gasteiger partial charge in [0.2, 0.25) is 5.91 Å². The van der Waals surface area contributed by atoms with Gasteiger partial charge in [-0.15, -0.1) is 0 Å². The third kappa shape index (κ3) is 1.73. The summed E-state index contributed by atoms with van der Waals surface area (Å²) in [5, 5.41) is 2.87. The van der Waals surface area contributed by atoms with Crippen LogP contribution in [0.4, 0.5) is 5.69 Å². The molecule has 1 atom stereocenters. The Hall–Kier alpha value is -1.39. The van der Waals surface area contributed by atoms with Gasteiger partial charge in [-0.2, -0.15) is 0 Å². The Morgan fingerprint density at radius 3 is 2.93 bits per heavy atom. The molecule has 80 valence electrons. The number of para-hydroxylation sites is 1. The van der Waals surface area contributed by atoms with E-state index in [0.717, 1.165) is 11.3 Å². The van der Waals surface area contributed by atoms with Gasteiger partial charge in [0.1, 0.15) is 6.04 Å². The van der Waals surface area contributed by atoms with Crippen LogP contribution in [0.2, 0.25) is 0 Å². The summed E-state index contributed by atoms with van der Waals surface area (Å²) in [5.74, 6) is 0.0344. The number of amides is 1. The first-order chi connectivity index (χ1) is 7.24. The molecule has 0 bridgehead atoms. The highest BCUT2D eigenvalue weighted by Crippen LogP contribution is 2.33. The third-order valence-corrected chi connectivity index (χ3v) is 2.68. The molecule has 1 aromatic rings. The number of rotatable bonds is 3. The van der Waals surface area contributed by atoms with Crippen molar-refractivity contribution in [3.63, 3.8) is 0 Å². The molecule has 4 heteroatoms. The zero-order valence-corrected chi connectivity index (χ0v) is 8.73. The van der Waals surface area contributed by atoms with Crippen LogP contribution in [0.1, 0.15) is 11.6 Å². The lowest BCUT2D eigenvalue weighted by Gasteiger charge is -2.21. The molecule has 0 radical (unpaired) electrons. The minimum Gasteiger partial charge on any atom is -0.329 e. The third-order valence-electron chi connectivity index (χ3n) is 2.68. The van der Waals surface area contributed by atoms with Crippen molar-refractivity contribution in [2.24, 2.45) is 5.73 Å². The second-order valence-corrected chi connectivity index (χ2v) is 3.75. The van der Waals surface area contributed by atoms with Crippen LogP contribution in [0.5, 0.6) is 0 Å². The van der Waals surface area contributed by atoms with Crippen LogP contribution in [0.25, 0.3) is 0 Å². The Morgan fingerprint density at radius 2 is 2.20 bits per heavy atom. The van der Waals surface area contributed by atoms with Crippen molar-refractivity contribution >= 4 is 11.6 Å². The molecular weight excluding hydrogens is 190 g/mol. The number of nitrogens with one attached hydrogen (secondary N) is 1. The van der Waals surface area contributed by atoms with Crippen LogP contribution >= 0.6 is 0 Å². The Kier molecular flexibility index (Phi) is 2.70. The van der Waals surface area contributed by atoms with Gasteiger partial charge in [0, 0.05) is 24.3 Å². The lowest BCUT2D eigenvalue weighted by atomic mass is 10.1. The van der Waals surface area contributed by atoms with Gasteiger partial charge in [0.05, 0.1) is 0 Å². The number of likely N-dealkylation sites (N-methyl/N-ethyl adjacent to an activating group) is 1. The van der Waals surface area contributed by atoms with E-state index in [2.05, 4.69) is 5.32 Å². The van der Waals surface area contributed by atoms with Gasteiger partial charge in [-0.1, -0.05) is 18.2 Å². The van der Waals surface area contributed by atoms with E-state index in [4.69, 9.17) is 5.73 Å². The van der Waals surface area contributed by atoms with Gasteiger partial charge in [0.15, 0.2) is 0 Å². The SMILES string of the molecule is CN(CCN)C1C(=O)Nc2ccccc21. The molecule has 1 aromatic carbocycles. The molecule has 0 saturated heterocycles. The van der Waals surface area contributed by atoms with E-state index in [1.54, 1.807) is 0 Å². The molecule has 1 amide bonds. The van der Waals surface area contributed by atoms with E-state index in [9.17, 15) is 4.79 Å². The van der Waals surface area contributed by atoms with Gasteiger partial charge in [-0.25, -0.2) is 0 Å². The van der Waals surface area contributed by atoms with Crippen LogP contribution in [0.15, 0.2) is 24.3 Å². The van der Waals surface area contributed by atoms with Crippen molar-refractivity contribution in [3.8, 4) is 0 Å². The van der Waals surface area contributed by atoms with Gasteiger partial charge in [-0.3, -0.25) is 9.69 Å². The maximum atomic E-state index is 11.8.